The number of rotatable bonds is 2. The number of imidazole rings is 1. The first kappa shape index (κ1) is 16.2. The van der Waals surface area contributed by atoms with Gasteiger partial charge in [-0.25, -0.2) is 9.97 Å². The van der Waals surface area contributed by atoms with Crippen molar-refractivity contribution in [3.8, 4) is 22.6 Å². The van der Waals surface area contributed by atoms with Crippen molar-refractivity contribution in [2.24, 2.45) is 7.05 Å². The van der Waals surface area contributed by atoms with Crippen LogP contribution >= 0.6 is 15.9 Å². The van der Waals surface area contributed by atoms with Gasteiger partial charge in [0.05, 0.1) is 22.2 Å². The van der Waals surface area contributed by atoms with Gasteiger partial charge in [-0.05, 0) is 36.4 Å². The van der Waals surface area contributed by atoms with Gasteiger partial charge in [0, 0.05) is 28.0 Å². The second-order valence-electron chi connectivity index (χ2n) is 6.56. The van der Waals surface area contributed by atoms with Crippen molar-refractivity contribution in [1.29, 1.82) is 0 Å². The summed E-state index contributed by atoms with van der Waals surface area (Å²) >= 11 is 3.50. The Hall–Kier alpha value is -2.98. The molecule has 0 aliphatic rings. The Balaban J connectivity index is 1.82. The Bertz CT molecular complexity index is 1290. The summed E-state index contributed by atoms with van der Waals surface area (Å²) in [5, 5.41) is 1.11. The van der Waals surface area contributed by atoms with E-state index in [9.17, 15) is 0 Å². The number of pyridine rings is 1. The second kappa shape index (κ2) is 6.32. The lowest BCUT2D eigenvalue weighted by Crippen LogP contribution is -1.96. The number of hydrogen-bond donors (Lipinski definition) is 0. The summed E-state index contributed by atoms with van der Waals surface area (Å²) in [6, 6.07) is 26.9. The molecule has 0 radical (unpaired) electrons. The Morgan fingerprint density at radius 2 is 1.48 bits per heavy atom. The highest BCUT2D eigenvalue weighted by Gasteiger charge is 2.15. The summed E-state index contributed by atoms with van der Waals surface area (Å²) in [7, 11) is 2.07. The molecule has 0 atom stereocenters. The fourth-order valence-corrected chi connectivity index (χ4v) is 3.78. The fourth-order valence-electron chi connectivity index (χ4n) is 3.52. The Kier molecular flexibility index (Phi) is 3.80. The largest absolute Gasteiger partial charge is 0.327 e. The third-order valence-corrected chi connectivity index (χ3v) is 5.41. The molecule has 0 saturated heterocycles. The molecule has 0 bridgehead atoms. The molecule has 0 saturated carbocycles. The molecule has 130 valence electrons. The van der Waals surface area contributed by atoms with E-state index < -0.39 is 0 Å². The molecule has 0 fully saturated rings. The molecule has 5 aromatic rings. The molecule has 3 nitrogen and oxygen atoms in total. The van der Waals surface area contributed by atoms with Crippen LogP contribution in [0.25, 0.3) is 44.6 Å². The van der Waals surface area contributed by atoms with Crippen LogP contribution in [0.3, 0.4) is 0 Å². The maximum atomic E-state index is 4.91. The summed E-state index contributed by atoms with van der Waals surface area (Å²) in [5.74, 6) is 0.952. The molecule has 0 amide bonds. The summed E-state index contributed by atoms with van der Waals surface area (Å²) < 4.78 is 3.21. The zero-order valence-corrected chi connectivity index (χ0v) is 16.3. The number of benzene rings is 3. The summed E-state index contributed by atoms with van der Waals surface area (Å²) in [6.45, 7) is 0. The van der Waals surface area contributed by atoms with Crippen LogP contribution in [0, 0.1) is 0 Å². The molecule has 4 heteroatoms. The molecular formula is C23H16BrN3. The molecule has 0 N–H and O–H groups in total. The van der Waals surface area contributed by atoms with Gasteiger partial charge < -0.3 is 4.57 Å². The van der Waals surface area contributed by atoms with E-state index in [0.717, 1.165) is 49.1 Å². The van der Waals surface area contributed by atoms with Gasteiger partial charge in [0.1, 0.15) is 5.82 Å². The third kappa shape index (κ3) is 2.73. The van der Waals surface area contributed by atoms with Gasteiger partial charge in [-0.2, -0.15) is 0 Å². The quantitative estimate of drug-likeness (QED) is 0.344. The number of fused-ring (bicyclic) bond motifs is 2. The smallest absolute Gasteiger partial charge is 0.141 e. The second-order valence-corrected chi connectivity index (χ2v) is 7.48. The molecule has 2 heterocycles. The van der Waals surface area contributed by atoms with E-state index in [1.54, 1.807) is 0 Å². The molecule has 2 aromatic heterocycles. The topological polar surface area (TPSA) is 30.7 Å². The summed E-state index contributed by atoms with van der Waals surface area (Å²) in [4.78, 5) is 9.80. The van der Waals surface area contributed by atoms with Crippen LogP contribution < -0.4 is 0 Å². The average molecular weight is 414 g/mol. The predicted octanol–water partition coefficient (Wildman–Crippen LogP) is 6.22. The number of nitrogens with zero attached hydrogens (tertiary/aromatic N) is 3. The van der Waals surface area contributed by atoms with Crippen LogP contribution in [0.15, 0.2) is 83.3 Å². The summed E-state index contributed by atoms with van der Waals surface area (Å²) in [6.07, 6.45) is 0. The van der Waals surface area contributed by atoms with Crippen LogP contribution in [0.2, 0.25) is 0 Å². The first-order valence-electron chi connectivity index (χ1n) is 8.78. The fraction of sp³-hybridized carbons (Fsp3) is 0.0435. The minimum absolute atomic E-state index is 0.947. The third-order valence-electron chi connectivity index (χ3n) is 4.88. The minimum atomic E-state index is 0.947. The van der Waals surface area contributed by atoms with E-state index in [1.807, 2.05) is 30.3 Å². The Morgan fingerprint density at radius 1 is 0.778 bits per heavy atom. The van der Waals surface area contributed by atoms with Gasteiger partial charge in [0.2, 0.25) is 0 Å². The van der Waals surface area contributed by atoms with Crippen molar-refractivity contribution in [1.82, 2.24) is 14.5 Å². The zero-order valence-electron chi connectivity index (χ0n) is 14.7. The van der Waals surface area contributed by atoms with Crippen molar-refractivity contribution >= 4 is 37.9 Å². The monoisotopic (exact) mass is 413 g/mol. The molecule has 0 aliphatic heterocycles. The van der Waals surface area contributed by atoms with Crippen molar-refractivity contribution in [2.75, 3.05) is 0 Å². The molecule has 5 rings (SSSR count). The molecular weight excluding hydrogens is 398 g/mol. The first-order valence-corrected chi connectivity index (χ1v) is 9.57. The standard InChI is InChI=1S/C23H16BrN3/c1-27-22-9-5-4-8-20(22)26-23(27)18-14-21(15-10-12-16(24)13-11-15)25-19-7-3-2-6-17(18)19/h2-14H,1H3. The van der Waals surface area contributed by atoms with Crippen LogP contribution in [-0.2, 0) is 7.05 Å². The van der Waals surface area contributed by atoms with Gasteiger partial charge in [-0.3, -0.25) is 0 Å². The highest BCUT2D eigenvalue weighted by molar-refractivity contribution is 9.10. The first-order chi connectivity index (χ1) is 13.2. The maximum absolute atomic E-state index is 4.91. The van der Waals surface area contributed by atoms with Gasteiger partial charge in [0.25, 0.3) is 0 Å². The number of aryl methyl sites for hydroxylation is 1. The molecule has 0 unspecified atom stereocenters. The van der Waals surface area contributed by atoms with E-state index in [2.05, 4.69) is 76.1 Å². The Labute approximate surface area is 165 Å². The van der Waals surface area contributed by atoms with Gasteiger partial charge >= 0.3 is 0 Å². The van der Waals surface area contributed by atoms with E-state index in [1.165, 1.54) is 0 Å². The zero-order chi connectivity index (χ0) is 18.4. The van der Waals surface area contributed by atoms with Crippen LogP contribution in [-0.4, -0.2) is 14.5 Å². The lowest BCUT2D eigenvalue weighted by Gasteiger charge is -2.10. The average Bonchev–Trinajstić information content (AvgIpc) is 3.04. The van der Waals surface area contributed by atoms with Gasteiger partial charge in [-0.15, -0.1) is 0 Å². The van der Waals surface area contributed by atoms with Crippen LogP contribution in [0.5, 0.6) is 0 Å². The van der Waals surface area contributed by atoms with Crippen molar-refractivity contribution in [2.45, 2.75) is 0 Å². The number of hydrogen-bond acceptors (Lipinski definition) is 2. The SMILES string of the molecule is Cn1c(-c2cc(-c3ccc(Br)cc3)nc3ccccc23)nc2ccccc21. The van der Waals surface area contributed by atoms with Gasteiger partial charge in [-0.1, -0.05) is 58.4 Å². The molecule has 27 heavy (non-hydrogen) atoms. The predicted molar refractivity (Wildman–Crippen MR) is 115 cm³/mol. The van der Waals surface area contributed by atoms with Crippen molar-refractivity contribution in [3.63, 3.8) is 0 Å². The van der Waals surface area contributed by atoms with Crippen molar-refractivity contribution in [3.05, 3.63) is 83.3 Å². The highest BCUT2D eigenvalue weighted by atomic mass is 79.9. The van der Waals surface area contributed by atoms with Crippen LogP contribution in [0.4, 0.5) is 0 Å². The minimum Gasteiger partial charge on any atom is -0.327 e. The maximum Gasteiger partial charge on any atom is 0.141 e. The normalized spacial score (nSPS) is 11.3. The number of halogens is 1. The van der Waals surface area contributed by atoms with Crippen LogP contribution in [0.1, 0.15) is 0 Å². The molecule has 0 spiro atoms. The van der Waals surface area contributed by atoms with E-state index in [4.69, 9.17) is 9.97 Å². The number of aromatic nitrogens is 3. The van der Waals surface area contributed by atoms with Gasteiger partial charge in [0.15, 0.2) is 0 Å². The lowest BCUT2D eigenvalue weighted by molar-refractivity contribution is 0.960. The highest BCUT2D eigenvalue weighted by Crippen LogP contribution is 2.33. The summed E-state index contributed by atoms with van der Waals surface area (Å²) in [5.41, 5.74) is 6.23. The molecule has 3 aromatic carbocycles. The lowest BCUT2D eigenvalue weighted by atomic mass is 10.0. The van der Waals surface area contributed by atoms with E-state index in [-0.39, 0.29) is 0 Å². The number of para-hydroxylation sites is 3. The van der Waals surface area contributed by atoms with Crippen molar-refractivity contribution < 1.29 is 0 Å². The van der Waals surface area contributed by atoms with E-state index >= 15 is 0 Å². The Morgan fingerprint density at radius 3 is 2.26 bits per heavy atom. The van der Waals surface area contributed by atoms with E-state index in [0.29, 0.717) is 0 Å². The molecule has 0 aliphatic carbocycles.